The van der Waals surface area contributed by atoms with Gasteiger partial charge < -0.3 is 19.1 Å². The average Bonchev–Trinajstić information content (AvgIpc) is 2.69. The molecule has 0 unspecified atom stereocenters. The Morgan fingerprint density at radius 2 is 1.93 bits per heavy atom. The van der Waals surface area contributed by atoms with Crippen molar-refractivity contribution >= 4 is 33.8 Å². The van der Waals surface area contributed by atoms with E-state index < -0.39 is 57.4 Å². The van der Waals surface area contributed by atoms with Gasteiger partial charge in [0.05, 0.1) is 43.9 Å². The van der Waals surface area contributed by atoms with Gasteiger partial charge in [-0.3, -0.25) is 4.79 Å². The first-order valence-corrected chi connectivity index (χ1v) is 9.01. The maximum atomic E-state index is 14.3. The van der Waals surface area contributed by atoms with E-state index >= 15 is 0 Å². The van der Waals surface area contributed by atoms with Crippen LogP contribution in [-0.2, 0) is 14.2 Å². The van der Waals surface area contributed by atoms with Gasteiger partial charge in [-0.15, -0.1) is 0 Å². The van der Waals surface area contributed by atoms with Crippen molar-refractivity contribution < 1.29 is 41.8 Å². The average molecular weight is 468 g/mol. The summed E-state index contributed by atoms with van der Waals surface area (Å²) in [5.41, 5.74) is -2.07. The zero-order valence-corrected chi connectivity index (χ0v) is 16.6. The highest BCUT2D eigenvalue weighted by atomic mass is 79.9. The van der Waals surface area contributed by atoms with E-state index in [2.05, 4.69) is 25.4 Å². The molecule has 11 heteroatoms. The summed E-state index contributed by atoms with van der Waals surface area (Å²) in [6, 6.07) is 0.410. The number of carbonyl (C=O) groups excluding carboxylic acids is 3. The third-order valence-corrected chi connectivity index (χ3v) is 4.93. The Balaban J connectivity index is 2.18. The molecule has 154 valence electrons. The van der Waals surface area contributed by atoms with Crippen molar-refractivity contribution in [2.75, 3.05) is 33.9 Å². The molecule has 1 aliphatic rings. The minimum atomic E-state index is -1.78. The monoisotopic (exact) mass is 467 g/mol. The summed E-state index contributed by atoms with van der Waals surface area (Å²) in [4.78, 5) is 35.7. The second kappa shape index (κ2) is 9.37. The molecule has 2 rings (SSSR count). The predicted molar refractivity (Wildman–Crippen MR) is 93.0 cm³/mol. The lowest BCUT2D eigenvalue weighted by Gasteiger charge is -2.32. The maximum absolute atomic E-state index is 14.3. The van der Waals surface area contributed by atoms with Crippen molar-refractivity contribution in [2.24, 2.45) is 0 Å². The number of Topliss-reactive ketones (excluding diaryl/α,β-unsaturated/α-hetero) is 1. The van der Waals surface area contributed by atoms with Crippen LogP contribution in [0.4, 0.5) is 18.0 Å². The Bertz CT molecular complexity index is 791. The van der Waals surface area contributed by atoms with Gasteiger partial charge in [0, 0.05) is 6.54 Å². The van der Waals surface area contributed by atoms with Crippen molar-refractivity contribution in [2.45, 2.75) is 17.4 Å². The quantitative estimate of drug-likeness (QED) is 0.286. The number of halogens is 4. The van der Waals surface area contributed by atoms with Gasteiger partial charge in [-0.05, 0) is 12.5 Å². The summed E-state index contributed by atoms with van der Waals surface area (Å²) >= 11 is 3.03. The molecular weight excluding hydrogens is 451 g/mol. The second-order valence-corrected chi connectivity index (χ2v) is 6.98. The molecule has 0 radical (unpaired) electrons. The van der Waals surface area contributed by atoms with Crippen molar-refractivity contribution in [3.63, 3.8) is 0 Å². The number of hydrogen-bond acceptors (Lipinski definition) is 6. The molecule has 1 aromatic rings. The predicted octanol–water partition coefficient (Wildman–Crippen LogP) is 2.69. The highest BCUT2D eigenvalue weighted by Crippen LogP contribution is 2.26. The number of nitrogens with zero attached hydrogens (tertiary/aromatic N) is 1. The van der Waals surface area contributed by atoms with E-state index in [1.54, 1.807) is 0 Å². The lowest BCUT2D eigenvalue weighted by Crippen LogP contribution is -2.46. The molecule has 0 saturated carbocycles. The van der Waals surface area contributed by atoms with Crippen LogP contribution >= 0.6 is 15.9 Å². The Morgan fingerprint density at radius 3 is 2.54 bits per heavy atom. The first kappa shape index (κ1) is 22.2. The Hall–Kier alpha value is -2.14. The van der Waals surface area contributed by atoms with Gasteiger partial charge in [-0.1, -0.05) is 15.9 Å². The van der Waals surface area contributed by atoms with Crippen molar-refractivity contribution in [1.82, 2.24) is 4.90 Å². The first-order valence-electron chi connectivity index (χ1n) is 8.09. The van der Waals surface area contributed by atoms with Gasteiger partial charge in [0.25, 0.3) is 0 Å². The topological polar surface area (TPSA) is 82.1 Å². The molecule has 7 nitrogen and oxygen atoms in total. The smallest absolute Gasteiger partial charge is 0.409 e. The summed E-state index contributed by atoms with van der Waals surface area (Å²) in [5.74, 6) is -7.19. The fourth-order valence-corrected chi connectivity index (χ4v) is 3.38. The molecule has 0 aliphatic carbocycles. The van der Waals surface area contributed by atoms with E-state index in [0.29, 0.717) is 12.6 Å². The molecule has 1 heterocycles. The summed E-state index contributed by atoms with van der Waals surface area (Å²) < 4.78 is 56.9. The van der Waals surface area contributed by atoms with Crippen LogP contribution in [0.25, 0.3) is 0 Å². The minimum absolute atomic E-state index is 0.0361. The number of esters is 1. The van der Waals surface area contributed by atoms with E-state index in [1.165, 1.54) is 12.0 Å². The standard InChI is InChI=1S/C17H17BrF3NO6/c1-26-16(24)9-6-11(19)12(14(21)13(9)20)15(23)10(18)5-8-7-22(3-4-28-8)17(25)27-2/h6,8,10H,3-5,7H2,1-2H3/t8-,10-/m0/s1. The molecule has 0 spiro atoms. The fraction of sp³-hybridized carbons (Fsp3) is 0.471. The van der Waals surface area contributed by atoms with Gasteiger partial charge in [0.15, 0.2) is 17.4 Å². The van der Waals surface area contributed by atoms with Gasteiger partial charge in [-0.25, -0.2) is 22.8 Å². The molecule has 2 atom stereocenters. The molecule has 1 aliphatic heterocycles. The minimum Gasteiger partial charge on any atom is -0.465 e. The second-order valence-electron chi connectivity index (χ2n) is 5.88. The van der Waals surface area contributed by atoms with Gasteiger partial charge in [0.2, 0.25) is 0 Å². The Kier molecular flexibility index (Phi) is 7.41. The van der Waals surface area contributed by atoms with Crippen LogP contribution in [0, 0.1) is 17.5 Å². The number of benzene rings is 1. The van der Waals surface area contributed by atoms with Gasteiger partial charge >= 0.3 is 12.1 Å². The van der Waals surface area contributed by atoms with E-state index in [-0.39, 0.29) is 19.6 Å². The van der Waals surface area contributed by atoms with Crippen LogP contribution < -0.4 is 0 Å². The third-order valence-electron chi connectivity index (χ3n) is 4.14. The Labute approximate surface area is 166 Å². The molecule has 1 amide bonds. The zero-order valence-electron chi connectivity index (χ0n) is 15.0. The number of ether oxygens (including phenoxy) is 3. The number of alkyl halides is 1. The van der Waals surface area contributed by atoms with Crippen molar-refractivity contribution in [1.29, 1.82) is 0 Å². The van der Waals surface area contributed by atoms with Crippen LogP contribution in [0.5, 0.6) is 0 Å². The van der Waals surface area contributed by atoms with E-state index in [4.69, 9.17) is 4.74 Å². The molecule has 0 aromatic heterocycles. The summed E-state index contributed by atoms with van der Waals surface area (Å²) in [5, 5.41) is 0. The zero-order chi connectivity index (χ0) is 21.0. The van der Waals surface area contributed by atoms with Crippen LogP contribution in [0.15, 0.2) is 6.07 Å². The maximum Gasteiger partial charge on any atom is 0.409 e. The molecule has 1 saturated heterocycles. The lowest BCUT2D eigenvalue weighted by atomic mass is 10.0. The number of amides is 1. The first-order chi connectivity index (χ1) is 13.2. The third kappa shape index (κ3) is 4.64. The summed E-state index contributed by atoms with van der Waals surface area (Å²) in [6.45, 7) is 0.606. The number of rotatable bonds is 5. The van der Waals surface area contributed by atoms with Crippen LogP contribution in [0.2, 0.25) is 0 Å². The molecule has 1 fully saturated rings. The highest BCUT2D eigenvalue weighted by molar-refractivity contribution is 9.10. The van der Waals surface area contributed by atoms with Crippen LogP contribution in [0.1, 0.15) is 27.1 Å². The van der Waals surface area contributed by atoms with Gasteiger partial charge in [-0.2, -0.15) is 0 Å². The highest BCUT2D eigenvalue weighted by Gasteiger charge is 2.33. The number of morpholine rings is 1. The number of carbonyl (C=O) groups is 3. The Morgan fingerprint density at radius 1 is 1.25 bits per heavy atom. The van der Waals surface area contributed by atoms with Crippen molar-refractivity contribution in [3.8, 4) is 0 Å². The number of ketones is 1. The van der Waals surface area contributed by atoms with E-state index in [9.17, 15) is 27.6 Å². The largest absolute Gasteiger partial charge is 0.465 e. The number of hydrogen-bond donors (Lipinski definition) is 0. The van der Waals surface area contributed by atoms with E-state index in [0.717, 1.165) is 7.11 Å². The molecule has 0 bridgehead atoms. The molecule has 28 heavy (non-hydrogen) atoms. The number of methoxy groups -OCH3 is 2. The van der Waals surface area contributed by atoms with Crippen LogP contribution in [0.3, 0.4) is 0 Å². The van der Waals surface area contributed by atoms with Crippen LogP contribution in [-0.4, -0.2) is 67.6 Å². The normalized spacial score (nSPS) is 17.8. The van der Waals surface area contributed by atoms with Crippen molar-refractivity contribution in [3.05, 3.63) is 34.6 Å². The SMILES string of the molecule is COC(=O)c1cc(F)c(C(=O)[C@@H](Br)C[C@H]2CN(C(=O)OC)CCO2)c(F)c1F. The fourth-order valence-electron chi connectivity index (χ4n) is 2.73. The molecular formula is C17H17BrF3NO6. The van der Waals surface area contributed by atoms with E-state index in [1.807, 2.05) is 0 Å². The summed E-state index contributed by atoms with van der Waals surface area (Å²) in [6.07, 6.45) is -1.21. The lowest BCUT2D eigenvalue weighted by molar-refractivity contribution is -0.0270. The molecule has 0 N–H and O–H groups in total. The summed E-state index contributed by atoms with van der Waals surface area (Å²) in [7, 11) is 2.15. The molecule has 1 aromatic carbocycles. The van der Waals surface area contributed by atoms with Gasteiger partial charge in [0.1, 0.15) is 11.4 Å².